The molecule has 0 aliphatic carbocycles. The molecule has 3 aromatic carbocycles. The Morgan fingerprint density at radius 1 is 0.821 bits per heavy atom. The molecule has 8 heteroatoms. The van der Waals surface area contributed by atoms with Crippen LogP contribution in [0.25, 0.3) is 0 Å². The Morgan fingerprint density at radius 3 is 1.97 bits per heavy atom. The maximum Gasteiger partial charge on any atom is 0.264 e. The number of nitrogens with zero attached hydrogens (tertiary/aromatic N) is 2. The minimum Gasteiger partial charge on any atom is -0.352 e. The van der Waals surface area contributed by atoms with Crippen molar-refractivity contribution in [2.24, 2.45) is 0 Å². The van der Waals surface area contributed by atoms with Gasteiger partial charge in [-0.15, -0.1) is 0 Å². The van der Waals surface area contributed by atoms with Crippen LogP contribution in [0.4, 0.5) is 5.69 Å². The fourth-order valence-electron chi connectivity index (χ4n) is 4.42. The third-order valence-corrected chi connectivity index (χ3v) is 8.37. The van der Waals surface area contributed by atoms with Crippen LogP contribution in [0.3, 0.4) is 0 Å². The number of sulfonamides is 1. The van der Waals surface area contributed by atoms with E-state index in [0.717, 1.165) is 32.1 Å². The summed E-state index contributed by atoms with van der Waals surface area (Å²) in [6.07, 6.45) is 0. The predicted molar refractivity (Wildman–Crippen MR) is 156 cm³/mol. The fourth-order valence-corrected chi connectivity index (χ4v) is 5.82. The SMILES string of the molecule is Cc1ccc(S(=O)(=O)N(CC(=O)N(Cc2ccccc2C)[C@@H](C)C(=O)NC(C)C)c2cc(C)cc(C)c2)cc1. The number of hydrogen-bond acceptors (Lipinski definition) is 4. The highest BCUT2D eigenvalue weighted by Gasteiger charge is 2.33. The first-order valence-corrected chi connectivity index (χ1v) is 14.6. The lowest BCUT2D eigenvalue weighted by Crippen LogP contribution is -2.52. The molecule has 0 saturated carbocycles. The normalized spacial score (nSPS) is 12.2. The van der Waals surface area contributed by atoms with Crippen LogP contribution in [-0.2, 0) is 26.2 Å². The molecule has 1 N–H and O–H groups in total. The Bertz CT molecular complexity index is 1410. The predicted octanol–water partition coefficient (Wildman–Crippen LogP) is 5.06. The van der Waals surface area contributed by atoms with Gasteiger partial charge < -0.3 is 10.2 Å². The molecule has 3 rings (SSSR count). The van der Waals surface area contributed by atoms with Crippen molar-refractivity contribution in [3.8, 4) is 0 Å². The van der Waals surface area contributed by atoms with E-state index in [9.17, 15) is 18.0 Å². The van der Waals surface area contributed by atoms with Gasteiger partial charge in [0.1, 0.15) is 12.6 Å². The number of anilines is 1. The Morgan fingerprint density at radius 2 is 1.41 bits per heavy atom. The molecule has 0 heterocycles. The summed E-state index contributed by atoms with van der Waals surface area (Å²) in [6, 6.07) is 18.8. The van der Waals surface area contributed by atoms with Crippen molar-refractivity contribution in [3.63, 3.8) is 0 Å². The summed E-state index contributed by atoms with van der Waals surface area (Å²) < 4.78 is 29.1. The van der Waals surface area contributed by atoms with Crippen LogP contribution in [0.2, 0.25) is 0 Å². The van der Waals surface area contributed by atoms with E-state index in [2.05, 4.69) is 5.32 Å². The number of benzene rings is 3. The van der Waals surface area contributed by atoms with Crippen LogP contribution in [0, 0.1) is 27.7 Å². The molecule has 0 aliphatic heterocycles. The van der Waals surface area contributed by atoms with Crippen LogP contribution in [0.15, 0.2) is 71.6 Å². The molecule has 0 aromatic heterocycles. The quantitative estimate of drug-likeness (QED) is 0.383. The van der Waals surface area contributed by atoms with Gasteiger partial charge in [0.25, 0.3) is 10.0 Å². The second-order valence-corrected chi connectivity index (χ2v) is 12.3. The van der Waals surface area contributed by atoms with Crippen LogP contribution >= 0.6 is 0 Å². The molecule has 39 heavy (non-hydrogen) atoms. The zero-order chi connectivity index (χ0) is 28.9. The van der Waals surface area contributed by atoms with E-state index in [-0.39, 0.29) is 23.4 Å². The first-order valence-electron chi connectivity index (χ1n) is 13.1. The van der Waals surface area contributed by atoms with Crippen LogP contribution in [0.1, 0.15) is 48.6 Å². The number of rotatable bonds is 10. The molecule has 0 saturated heterocycles. The average Bonchev–Trinajstić information content (AvgIpc) is 2.85. The summed E-state index contributed by atoms with van der Waals surface area (Å²) in [4.78, 5) is 28.6. The lowest BCUT2D eigenvalue weighted by Gasteiger charge is -2.32. The van der Waals surface area contributed by atoms with Gasteiger partial charge in [0.2, 0.25) is 11.8 Å². The molecule has 1 atom stereocenters. The van der Waals surface area contributed by atoms with Gasteiger partial charge in [0.05, 0.1) is 10.6 Å². The summed E-state index contributed by atoms with van der Waals surface area (Å²) in [5.74, 6) is -0.772. The summed E-state index contributed by atoms with van der Waals surface area (Å²) in [7, 11) is -4.09. The zero-order valence-electron chi connectivity index (χ0n) is 23.9. The summed E-state index contributed by atoms with van der Waals surface area (Å²) >= 11 is 0. The number of amides is 2. The van der Waals surface area contributed by atoms with E-state index in [1.165, 1.54) is 4.90 Å². The monoisotopic (exact) mass is 549 g/mol. The largest absolute Gasteiger partial charge is 0.352 e. The highest BCUT2D eigenvalue weighted by molar-refractivity contribution is 7.92. The third kappa shape index (κ3) is 7.47. The molecule has 3 aromatic rings. The molecule has 0 fully saturated rings. The number of carbonyl (C=O) groups excluding carboxylic acids is 2. The van der Waals surface area contributed by atoms with Crippen molar-refractivity contribution in [3.05, 3.63) is 94.5 Å². The topological polar surface area (TPSA) is 86.8 Å². The minimum atomic E-state index is -4.09. The molecule has 0 radical (unpaired) electrons. The van der Waals surface area contributed by atoms with E-state index in [1.54, 1.807) is 43.3 Å². The van der Waals surface area contributed by atoms with Crippen molar-refractivity contribution in [1.82, 2.24) is 10.2 Å². The molecule has 0 aliphatic rings. The van der Waals surface area contributed by atoms with Crippen LogP contribution in [0.5, 0.6) is 0 Å². The lowest BCUT2D eigenvalue weighted by molar-refractivity contribution is -0.139. The number of hydrogen-bond donors (Lipinski definition) is 1. The third-order valence-electron chi connectivity index (χ3n) is 6.58. The molecule has 7 nitrogen and oxygen atoms in total. The smallest absolute Gasteiger partial charge is 0.264 e. The highest BCUT2D eigenvalue weighted by atomic mass is 32.2. The number of nitrogens with one attached hydrogen (secondary N) is 1. The number of aryl methyl sites for hydroxylation is 4. The van der Waals surface area contributed by atoms with Crippen molar-refractivity contribution < 1.29 is 18.0 Å². The first-order chi connectivity index (χ1) is 18.3. The highest BCUT2D eigenvalue weighted by Crippen LogP contribution is 2.27. The maximum atomic E-state index is 14.0. The molecular weight excluding hydrogens is 510 g/mol. The summed E-state index contributed by atoms with van der Waals surface area (Å²) in [5.41, 5.74) is 4.94. The van der Waals surface area contributed by atoms with Gasteiger partial charge >= 0.3 is 0 Å². The molecule has 208 valence electrons. The summed E-state index contributed by atoms with van der Waals surface area (Å²) in [5, 5.41) is 2.87. The van der Waals surface area contributed by atoms with Crippen LogP contribution < -0.4 is 9.62 Å². The molecule has 0 unspecified atom stereocenters. The fraction of sp³-hybridized carbons (Fsp3) is 0.355. The standard InChI is InChI=1S/C31H39N3O4S/c1-21(2)32-31(36)26(7)33(19-27-11-9-8-10-25(27)6)30(35)20-34(28-17-23(4)16-24(5)18-28)39(37,38)29-14-12-22(3)13-15-29/h8-18,21,26H,19-20H2,1-7H3,(H,32,36)/t26-/m0/s1. The van der Waals surface area contributed by atoms with Crippen LogP contribution in [-0.4, -0.2) is 43.8 Å². The van der Waals surface area contributed by atoms with Gasteiger partial charge in [0, 0.05) is 12.6 Å². The Hall–Kier alpha value is -3.65. The van der Waals surface area contributed by atoms with Crippen molar-refractivity contribution in [2.75, 3.05) is 10.8 Å². The van der Waals surface area contributed by atoms with Gasteiger partial charge in [-0.2, -0.15) is 0 Å². The van der Waals surface area contributed by atoms with Gasteiger partial charge in [-0.3, -0.25) is 13.9 Å². The summed E-state index contributed by atoms with van der Waals surface area (Å²) in [6.45, 7) is 12.7. The second kappa shape index (κ2) is 12.5. The molecule has 0 bridgehead atoms. The van der Waals surface area contributed by atoms with Crippen molar-refractivity contribution in [2.45, 2.75) is 72.0 Å². The van der Waals surface area contributed by atoms with E-state index in [0.29, 0.717) is 5.69 Å². The van der Waals surface area contributed by atoms with E-state index in [4.69, 9.17) is 0 Å². The van der Waals surface area contributed by atoms with Crippen molar-refractivity contribution in [1.29, 1.82) is 0 Å². The van der Waals surface area contributed by atoms with Crippen molar-refractivity contribution >= 4 is 27.5 Å². The second-order valence-electron chi connectivity index (χ2n) is 10.5. The van der Waals surface area contributed by atoms with E-state index >= 15 is 0 Å². The van der Waals surface area contributed by atoms with Gasteiger partial charge in [-0.25, -0.2) is 8.42 Å². The van der Waals surface area contributed by atoms with Gasteiger partial charge in [-0.05, 0) is 95.0 Å². The van der Waals surface area contributed by atoms with Gasteiger partial charge in [-0.1, -0.05) is 48.0 Å². The Balaban J connectivity index is 2.08. The Labute approximate surface area is 232 Å². The lowest BCUT2D eigenvalue weighted by atomic mass is 10.1. The first kappa shape index (κ1) is 29.9. The Kier molecular flexibility index (Phi) is 9.56. The van der Waals surface area contributed by atoms with E-state index < -0.39 is 28.5 Å². The maximum absolute atomic E-state index is 14.0. The minimum absolute atomic E-state index is 0.0936. The van der Waals surface area contributed by atoms with E-state index in [1.807, 2.05) is 71.9 Å². The van der Waals surface area contributed by atoms with Gasteiger partial charge in [0.15, 0.2) is 0 Å². The average molecular weight is 550 g/mol. The molecular formula is C31H39N3O4S. The number of carbonyl (C=O) groups is 2. The molecule has 2 amide bonds. The molecule has 0 spiro atoms. The zero-order valence-corrected chi connectivity index (χ0v) is 24.7.